The molecule has 1 amide bonds. The fraction of sp³-hybridized carbons (Fsp3) is 0.120. The van der Waals surface area contributed by atoms with Crippen molar-refractivity contribution < 1.29 is 13.9 Å². The van der Waals surface area contributed by atoms with E-state index < -0.39 is 11.7 Å². The Morgan fingerprint density at radius 3 is 2.68 bits per heavy atom. The van der Waals surface area contributed by atoms with Crippen molar-refractivity contribution in [2.45, 2.75) is 13.3 Å². The maximum Gasteiger partial charge on any atom is 0.282 e. The molecule has 7 nitrogen and oxygen atoms in total. The van der Waals surface area contributed by atoms with E-state index in [1.807, 2.05) is 13.0 Å². The number of aromatic nitrogens is 2. The number of carbonyl (C=O) groups is 1. The first-order chi connectivity index (χ1) is 16.4. The smallest absolute Gasteiger partial charge is 0.282 e. The van der Waals surface area contributed by atoms with Gasteiger partial charge < -0.3 is 10.1 Å². The lowest BCUT2D eigenvalue weighted by Gasteiger charge is -2.09. The van der Waals surface area contributed by atoms with Crippen LogP contribution in [0.15, 0.2) is 81.1 Å². The highest BCUT2D eigenvalue weighted by molar-refractivity contribution is 9.10. The van der Waals surface area contributed by atoms with Crippen LogP contribution in [0.3, 0.4) is 0 Å². The lowest BCUT2D eigenvalue weighted by atomic mass is 10.2. The zero-order valence-corrected chi connectivity index (χ0v) is 19.8. The molecule has 0 spiro atoms. The number of ether oxygens (including phenoxy) is 1. The normalized spacial score (nSPS) is 11.1. The number of para-hydroxylation sites is 1. The lowest BCUT2D eigenvalue weighted by molar-refractivity contribution is -0.118. The van der Waals surface area contributed by atoms with Crippen LogP contribution in [0.4, 0.5) is 10.1 Å². The minimum absolute atomic E-state index is 0.0971. The number of fused-ring (bicyclic) bond motifs is 1. The second-order valence-electron chi connectivity index (χ2n) is 7.29. The molecule has 1 N–H and O–H groups in total. The second kappa shape index (κ2) is 10.4. The van der Waals surface area contributed by atoms with Crippen LogP contribution in [0, 0.1) is 5.82 Å². The van der Waals surface area contributed by atoms with Gasteiger partial charge in [0.15, 0.2) is 6.61 Å². The van der Waals surface area contributed by atoms with Gasteiger partial charge in [0.2, 0.25) is 0 Å². The topological polar surface area (TPSA) is 85.6 Å². The Morgan fingerprint density at radius 1 is 1.18 bits per heavy atom. The molecule has 172 valence electrons. The molecule has 0 saturated carbocycles. The predicted molar refractivity (Wildman–Crippen MR) is 133 cm³/mol. The largest absolute Gasteiger partial charge is 0.484 e. The summed E-state index contributed by atoms with van der Waals surface area (Å²) in [6.07, 6.45) is 2.10. The van der Waals surface area contributed by atoms with Gasteiger partial charge in [-0.3, -0.25) is 9.59 Å². The molecule has 0 aliphatic heterocycles. The molecule has 0 saturated heterocycles. The summed E-state index contributed by atoms with van der Waals surface area (Å²) in [4.78, 5) is 29.5. The molecule has 0 bridgehead atoms. The van der Waals surface area contributed by atoms with Crippen molar-refractivity contribution in [3.05, 3.63) is 98.8 Å². The third-order valence-electron chi connectivity index (χ3n) is 4.91. The van der Waals surface area contributed by atoms with E-state index in [9.17, 15) is 14.0 Å². The lowest BCUT2D eigenvalue weighted by Crippen LogP contribution is -2.22. The molecule has 0 aliphatic carbocycles. The highest BCUT2D eigenvalue weighted by Gasteiger charge is 2.10. The number of aryl methyl sites for hydroxylation is 1. The number of amides is 1. The van der Waals surface area contributed by atoms with Gasteiger partial charge in [-0.05, 0) is 60.2 Å². The van der Waals surface area contributed by atoms with Gasteiger partial charge in [0, 0.05) is 10.9 Å². The number of benzene rings is 3. The van der Waals surface area contributed by atoms with Crippen LogP contribution in [0.2, 0.25) is 0 Å². The van der Waals surface area contributed by atoms with Crippen LogP contribution in [0.1, 0.15) is 18.3 Å². The van der Waals surface area contributed by atoms with E-state index >= 15 is 0 Å². The molecule has 9 heteroatoms. The number of halogens is 2. The minimum Gasteiger partial charge on any atom is -0.484 e. The summed E-state index contributed by atoms with van der Waals surface area (Å²) < 4.78 is 21.2. The van der Waals surface area contributed by atoms with Crippen molar-refractivity contribution in [3.63, 3.8) is 0 Å². The van der Waals surface area contributed by atoms with Gasteiger partial charge in [0.25, 0.3) is 11.5 Å². The zero-order chi connectivity index (χ0) is 24.1. The van der Waals surface area contributed by atoms with Gasteiger partial charge in [-0.15, -0.1) is 0 Å². The number of nitrogens with one attached hydrogen (secondary N) is 1. The first-order valence-corrected chi connectivity index (χ1v) is 11.3. The summed E-state index contributed by atoms with van der Waals surface area (Å²) in [5.41, 5.74) is 1.20. The number of anilines is 1. The van der Waals surface area contributed by atoms with Crippen LogP contribution in [0.25, 0.3) is 10.9 Å². The molecule has 0 unspecified atom stereocenters. The molecular weight excluding hydrogens is 503 g/mol. The Morgan fingerprint density at radius 2 is 1.94 bits per heavy atom. The quantitative estimate of drug-likeness (QED) is 0.354. The molecule has 34 heavy (non-hydrogen) atoms. The van der Waals surface area contributed by atoms with Crippen molar-refractivity contribution in [3.8, 4) is 5.75 Å². The fourth-order valence-corrected chi connectivity index (χ4v) is 3.58. The Bertz CT molecular complexity index is 1430. The molecule has 1 heterocycles. The summed E-state index contributed by atoms with van der Waals surface area (Å²) >= 11 is 3.38. The molecule has 4 rings (SSSR count). The number of carbonyl (C=O) groups excluding carboxylic acids is 1. The predicted octanol–water partition coefficient (Wildman–Crippen LogP) is 4.76. The molecule has 1 aromatic heterocycles. The van der Waals surface area contributed by atoms with E-state index in [0.29, 0.717) is 28.9 Å². The van der Waals surface area contributed by atoms with E-state index in [2.05, 4.69) is 31.3 Å². The van der Waals surface area contributed by atoms with E-state index in [1.54, 1.807) is 54.7 Å². The molecule has 0 aliphatic rings. The van der Waals surface area contributed by atoms with E-state index in [0.717, 1.165) is 10.0 Å². The van der Waals surface area contributed by atoms with Crippen molar-refractivity contribution in [1.29, 1.82) is 0 Å². The van der Waals surface area contributed by atoms with Gasteiger partial charge in [-0.2, -0.15) is 9.78 Å². The fourth-order valence-electron chi connectivity index (χ4n) is 3.21. The summed E-state index contributed by atoms with van der Waals surface area (Å²) in [5, 5.41) is 7.28. The average Bonchev–Trinajstić information content (AvgIpc) is 2.84. The van der Waals surface area contributed by atoms with Crippen molar-refractivity contribution in [2.75, 3.05) is 11.9 Å². The Labute approximate surface area is 203 Å². The first-order valence-electron chi connectivity index (χ1n) is 10.5. The Balaban J connectivity index is 1.44. The van der Waals surface area contributed by atoms with Crippen molar-refractivity contribution >= 4 is 44.6 Å². The summed E-state index contributed by atoms with van der Waals surface area (Å²) in [7, 11) is 0. The SMILES string of the molecule is CCc1nc2ccc(Br)cc2c(=O)n1N=Cc1ccc(OCC(=O)Nc2ccccc2F)cc1. The van der Waals surface area contributed by atoms with E-state index in [1.165, 1.54) is 16.8 Å². The minimum atomic E-state index is -0.515. The number of rotatable bonds is 7. The van der Waals surface area contributed by atoms with Crippen LogP contribution < -0.4 is 15.6 Å². The van der Waals surface area contributed by atoms with Crippen LogP contribution in [0.5, 0.6) is 5.75 Å². The Kier molecular flexibility index (Phi) is 7.12. The number of hydrogen-bond donors (Lipinski definition) is 1. The first kappa shape index (κ1) is 23.3. The maximum absolute atomic E-state index is 13.6. The summed E-state index contributed by atoms with van der Waals surface area (Å²) in [6.45, 7) is 1.64. The van der Waals surface area contributed by atoms with Gasteiger partial charge in [-0.1, -0.05) is 35.0 Å². The standard InChI is InChI=1S/C25H20BrFN4O3/c1-2-23-29-21-12-9-17(26)13-19(21)25(33)31(23)28-14-16-7-10-18(11-8-16)34-15-24(32)30-22-6-4-3-5-20(22)27/h3-14H,2,15H2,1H3,(H,30,32). The second-order valence-corrected chi connectivity index (χ2v) is 8.21. The van der Waals surface area contributed by atoms with E-state index in [-0.39, 0.29) is 17.9 Å². The molecule has 4 aromatic rings. The highest BCUT2D eigenvalue weighted by Crippen LogP contribution is 2.17. The highest BCUT2D eigenvalue weighted by atomic mass is 79.9. The van der Waals surface area contributed by atoms with Crippen LogP contribution in [-0.2, 0) is 11.2 Å². The molecule has 0 radical (unpaired) electrons. The van der Waals surface area contributed by atoms with Crippen LogP contribution in [-0.4, -0.2) is 28.4 Å². The van der Waals surface area contributed by atoms with Gasteiger partial charge in [0.1, 0.15) is 17.4 Å². The van der Waals surface area contributed by atoms with E-state index in [4.69, 9.17) is 4.74 Å². The molecule has 3 aromatic carbocycles. The van der Waals surface area contributed by atoms with Crippen LogP contribution >= 0.6 is 15.9 Å². The van der Waals surface area contributed by atoms with Gasteiger partial charge in [0.05, 0.1) is 22.8 Å². The number of nitrogens with zero attached hydrogens (tertiary/aromatic N) is 3. The molecular formula is C25H20BrFN4O3. The average molecular weight is 523 g/mol. The van der Waals surface area contributed by atoms with Gasteiger partial charge >= 0.3 is 0 Å². The zero-order valence-electron chi connectivity index (χ0n) is 18.2. The van der Waals surface area contributed by atoms with Crippen molar-refractivity contribution in [2.24, 2.45) is 5.10 Å². The summed E-state index contributed by atoms with van der Waals surface area (Å²) in [5.74, 6) is 0.0260. The third-order valence-corrected chi connectivity index (χ3v) is 5.41. The third kappa shape index (κ3) is 5.37. The monoisotopic (exact) mass is 522 g/mol. The summed E-state index contributed by atoms with van der Waals surface area (Å²) in [6, 6.07) is 18.1. The molecule has 0 atom stereocenters. The van der Waals surface area contributed by atoms with Crippen molar-refractivity contribution in [1.82, 2.24) is 9.66 Å². The maximum atomic E-state index is 13.6. The molecule has 0 fully saturated rings. The van der Waals surface area contributed by atoms with Gasteiger partial charge in [-0.25, -0.2) is 9.37 Å². The Hall–Kier alpha value is -3.85. The number of hydrogen-bond acceptors (Lipinski definition) is 5.